The van der Waals surface area contributed by atoms with Crippen molar-refractivity contribution in [1.82, 2.24) is 10.7 Å². The molecule has 0 aliphatic rings. The number of nitrogens with one attached hydrogen (secondary N) is 2. The standard InChI is InChI=1S/C17H16ClN3O3/c1-24-15-4-2-3-13(9-15)17(23)19-11-16(22)21-20-10-12-5-7-14(18)8-6-12/h2-10H,11H2,1H3,(H,19,23)(H,21,22)/b20-10-. The van der Waals surface area contributed by atoms with Crippen molar-refractivity contribution in [2.75, 3.05) is 13.7 Å². The summed E-state index contributed by atoms with van der Waals surface area (Å²) in [6, 6.07) is 13.6. The molecular weight excluding hydrogens is 330 g/mol. The van der Waals surface area contributed by atoms with E-state index in [0.29, 0.717) is 16.3 Å². The molecule has 7 heteroatoms. The van der Waals surface area contributed by atoms with E-state index in [1.54, 1.807) is 48.5 Å². The largest absolute Gasteiger partial charge is 0.497 e. The Hall–Kier alpha value is -2.86. The molecule has 2 aromatic rings. The van der Waals surface area contributed by atoms with Gasteiger partial charge in [0.05, 0.1) is 19.9 Å². The third kappa shape index (κ3) is 5.40. The van der Waals surface area contributed by atoms with Gasteiger partial charge in [0.2, 0.25) is 0 Å². The molecule has 0 bridgehead atoms. The molecule has 0 heterocycles. The Kier molecular flexibility index (Phi) is 6.33. The summed E-state index contributed by atoms with van der Waals surface area (Å²) in [5, 5.41) is 6.94. The molecule has 24 heavy (non-hydrogen) atoms. The topological polar surface area (TPSA) is 79.8 Å². The number of benzene rings is 2. The molecule has 2 N–H and O–H groups in total. The van der Waals surface area contributed by atoms with Gasteiger partial charge in [0.15, 0.2) is 0 Å². The molecule has 0 saturated carbocycles. The summed E-state index contributed by atoms with van der Waals surface area (Å²) in [5.41, 5.74) is 3.53. The lowest BCUT2D eigenvalue weighted by atomic mass is 10.2. The number of hydrogen-bond donors (Lipinski definition) is 2. The summed E-state index contributed by atoms with van der Waals surface area (Å²) in [4.78, 5) is 23.6. The van der Waals surface area contributed by atoms with E-state index < -0.39 is 5.91 Å². The number of rotatable bonds is 6. The van der Waals surface area contributed by atoms with E-state index in [1.165, 1.54) is 13.3 Å². The third-order valence-electron chi connectivity index (χ3n) is 3.01. The first-order chi connectivity index (χ1) is 11.6. The van der Waals surface area contributed by atoms with Crippen LogP contribution in [0, 0.1) is 0 Å². The Balaban J connectivity index is 1.80. The maximum atomic E-state index is 11.9. The number of carbonyl (C=O) groups excluding carboxylic acids is 2. The number of methoxy groups -OCH3 is 1. The van der Waals surface area contributed by atoms with Crippen molar-refractivity contribution in [3.63, 3.8) is 0 Å². The Morgan fingerprint density at radius 1 is 1.21 bits per heavy atom. The van der Waals surface area contributed by atoms with E-state index >= 15 is 0 Å². The smallest absolute Gasteiger partial charge is 0.259 e. The van der Waals surface area contributed by atoms with E-state index in [1.807, 2.05) is 0 Å². The normalized spacial score (nSPS) is 10.4. The van der Waals surface area contributed by atoms with Crippen LogP contribution in [0.1, 0.15) is 15.9 Å². The van der Waals surface area contributed by atoms with Crippen molar-refractivity contribution in [1.29, 1.82) is 0 Å². The Bertz CT molecular complexity index is 745. The summed E-state index contributed by atoms with van der Waals surface area (Å²) in [6.45, 7) is -0.187. The highest BCUT2D eigenvalue weighted by molar-refractivity contribution is 6.30. The zero-order chi connectivity index (χ0) is 17.4. The minimum atomic E-state index is -0.434. The molecule has 0 atom stereocenters. The number of nitrogens with zero attached hydrogens (tertiary/aromatic N) is 1. The van der Waals surface area contributed by atoms with Gasteiger partial charge in [-0.3, -0.25) is 9.59 Å². The van der Waals surface area contributed by atoms with Gasteiger partial charge in [-0.05, 0) is 35.9 Å². The highest BCUT2D eigenvalue weighted by Gasteiger charge is 2.08. The number of ether oxygens (including phenoxy) is 1. The van der Waals surface area contributed by atoms with Gasteiger partial charge in [0.1, 0.15) is 5.75 Å². The fourth-order valence-electron chi connectivity index (χ4n) is 1.79. The van der Waals surface area contributed by atoms with Crippen LogP contribution in [0.5, 0.6) is 5.75 Å². The van der Waals surface area contributed by atoms with Crippen molar-refractivity contribution >= 4 is 29.6 Å². The quantitative estimate of drug-likeness (QED) is 0.622. The van der Waals surface area contributed by atoms with Crippen LogP contribution in [0.3, 0.4) is 0 Å². The molecule has 2 rings (SSSR count). The van der Waals surface area contributed by atoms with Crippen LogP contribution in [-0.2, 0) is 4.79 Å². The molecular formula is C17H16ClN3O3. The molecule has 0 spiro atoms. The Labute approximate surface area is 144 Å². The van der Waals surface area contributed by atoms with Crippen molar-refractivity contribution in [3.05, 3.63) is 64.7 Å². The van der Waals surface area contributed by atoms with Gasteiger partial charge in [-0.1, -0.05) is 29.8 Å². The van der Waals surface area contributed by atoms with Crippen LogP contribution in [0.4, 0.5) is 0 Å². The van der Waals surface area contributed by atoms with Gasteiger partial charge in [0, 0.05) is 10.6 Å². The van der Waals surface area contributed by atoms with E-state index in [9.17, 15) is 9.59 Å². The monoisotopic (exact) mass is 345 g/mol. The fraction of sp³-hybridized carbons (Fsp3) is 0.118. The molecule has 0 unspecified atom stereocenters. The summed E-state index contributed by atoms with van der Waals surface area (Å²) in [5.74, 6) is -0.234. The zero-order valence-corrected chi connectivity index (χ0v) is 13.7. The van der Waals surface area contributed by atoms with E-state index in [-0.39, 0.29) is 12.5 Å². The van der Waals surface area contributed by atoms with Gasteiger partial charge in [-0.15, -0.1) is 0 Å². The van der Waals surface area contributed by atoms with Crippen LogP contribution in [0.2, 0.25) is 5.02 Å². The second kappa shape index (κ2) is 8.69. The Morgan fingerprint density at radius 2 is 1.96 bits per heavy atom. The average molecular weight is 346 g/mol. The fourth-order valence-corrected chi connectivity index (χ4v) is 1.92. The molecule has 2 aromatic carbocycles. The molecule has 0 aliphatic carbocycles. The van der Waals surface area contributed by atoms with Gasteiger partial charge >= 0.3 is 0 Å². The first-order valence-corrected chi connectivity index (χ1v) is 7.46. The van der Waals surface area contributed by atoms with Gasteiger partial charge in [0.25, 0.3) is 11.8 Å². The minimum Gasteiger partial charge on any atom is -0.497 e. The highest BCUT2D eigenvalue weighted by atomic mass is 35.5. The van der Waals surface area contributed by atoms with Gasteiger partial charge in [-0.2, -0.15) is 5.10 Å². The summed E-state index contributed by atoms with van der Waals surface area (Å²) >= 11 is 5.77. The zero-order valence-electron chi connectivity index (χ0n) is 13.0. The van der Waals surface area contributed by atoms with E-state index in [2.05, 4.69) is 15.8 Å². The average Bonchev–Trinajstić information content (AvgIpc) is 2.61. The lowest BCUT2D eigenvalue weighted by molar-refractivity contribution is -0.120. The second-order valence-corrected chi connectivity index (χ2v) is 5.20. The maximum Gasteiger partial charge on any atom is 0.259 e. The number of carbonyl (C=O) groups is 2. The predicted octanol–water partition coefficient (Wildman–Crippen LogP) is 2.23. The summed E-state index contributed by atoms with van der Waals surface area (Å²) in [6.07, 6.45) is 1.48. The minimum absolute atomic E-state index is 0.187. The Morgan fingerprint density at radius 3 is 2.67 bits per heavy atom. The molecule has 0 fully saturated rings. The second-order valence-electron chi connectivity index (χ2n) is 4.76. The first kappa shape index (κ1) is 17.5. The van der Waals surface area contributed by atoms with E-state index in [0.717, 1.165) is 5.56 Å². The summed E-state index contributed by atoms with van der Waals surface area (Å²) in [7, 11) is 1.52. The van der Waals surface area contributed by atoms with Gasteiger partial charge in [-0.25, -0.2) is 5.43 Å². The molecule has 6 nitrogen and oxygen atoms in total. The molecule has 0 saturated heterocycles. The molecule has 2 amide bonds. The molecule has 124 valence electrons. The third-order valence-corrected chi connectivity index (χ3v) is 3.27. The van der Waals surface area contributed by atoms with Crippen molar-refractivity contribution in [2.45, 2.75) is 0 Å². The predicted molar refractivity (Wildman–Crippen MR) is 92.5 cm³/mol. The van der Waals surface area contributed by atoms with Crippen LogP contribution in [-0.4, -0.2) is 31.7 Å². The number of halogens is 1. The lowest BCUT2D eigenvalue weighted by Gasteiger charge is -2.05. The van der Waals surface area contributed by atoms with Gasteiger partial charge < -0.3 is 10.1 Å². The van der Waals surface area contributed by atoms with Crippen molar-refractivity contribution in [3.8, 4) is 5.75 Å². The van der Waals surface area contributed by atoms with Crippen molar-refractivity contribution in [2.24, 2.45) is 5.10 Å². The highest BCUT2D eigenvalue weighted by Crippen LogP contribution is 2.12. The first-order valence-electron chi connectivity index (χ1n) is 7.08. The lowest BCUT2D eigenvalue weighted by Crippen LogP contribution is -2.34. The SMILES string of the molecule is COc1cccc(C(=O)NCC(=O)N/N=C\c2ccc(Cl)cc2)c1. The van der Waals surface area contributed by atoms with Crippen molar-refractivity contribution < 1.29 is 14.3 Å². The van der Waals surface area contributed by atoms with E-state index in [4.69, 9.17) is 16.3 Å². The molecule has 0 aromatic heterocycles. The van der Waals surface area contributed by atoms with Crippen LogP contribution in [0.25, 0.3) is 0 Å². The van der Waals surface area contributed by atoms with Crippen LogP contribution < -0.4 is 15.5 Å². The van der Waals surface area contributed by atoms with Crippen LogP contribution in [0.15, 0.2) is 53.6 Å². The number of amides is 2. The van der Waals surface area contributed by atoms with Crippen LogP contribution >= 0.6 is 11.6 Å². The summed E-state index contributed by atoms with van der Waals surface area (Å²) < 4.78 is 5.05. The number of hydrogen-bond acceptors (Lipinski definition) is 4. The molecule has 0 radical (unpaired) electrons. The maximum absolute atomic E-state index is 11.9. The number of hydrazone groups is 1. The molecule has 0 aliphatic heterocycles.